The maximum Gasteiger partial charge on any atom is 0.241 e. The lowest BCUT2D eigenvalue weighted by Gasteiger charge is -2.20. The summed E-state index contributed by atoms with van der Waals surface area (Å²) in [5.41, 5.74) is 0. The second-order valence-corrected chi connectivity index (χ2v) is 8.43. The Labute approximate surface area is 82.1 Å². The molecule has 0 N–H and O–H groups in total. The zero-order chi connectivity index (χ0) is 10.5. The fraction of sp³-hybridized carbons (Fsp3) is 0.700. The monoisotopic (exact) mass is 200 g/mol. The molecule has 0 heterocycles. The summed E-state index contributed by atoms with van der Waals surface area (Å²) in [6, 6.07) is 0. The number of allylic oxidation sites excluding steroid dienone is 2. The van der Waals surface area contributed by atoms with Crippen LogP contribution in [0.4, 0.5) is 0 Å². The van der Waals surface area contributed by atoms with E-state index in [1.54, 1.807) is 6.08 Å². The summed E-state index contributed by atoms with van der Waals surface area (Å²) in [6.45, 7) is 10.2. The SMILES string of the molecule is CCC(=O)C=C(CC)O[Si](C)(C)C. The van der Waals surface area contributed by atoms with E-state index in [0.717, 1.165) is 12.2 Å². The Kier molecular flexibility index (Phi) is 4.99. The first-order chi connectivity index (χ1) is 5.89. The predicted octanol–water partition coefficient (Wildman–Crippen LogP) is 3.11. The van der Waals surface area contributed by atoms with Crippen LogP contribution in [0.25, 0.3) is 0 Å². The predicted molar refractivity (Wildman–Crippen MR) is 58.1 cm³/mol. The van der Waals surface area contributed by atoms with Crippen molar-refractivity contribution in [3.05, 3.63) is 11.8 Å². The molecular formula is C10H20O2Si. The molecule has 0 aliphatic carbocycles. The summed E-state index contributed by atoms with van der Waals surface area (Å²) in [5, 5.41) is 0. The molecule has 2 nitrogen and oxygen atoms in total. The zero-order valence-corrected chi connectivity index (χ0v) is 10.3. The Morgan fingerprint density at radius 3 is 2.08 bits per heavy atom. The van der Waals surface area contributed by atoms with Crippen molar-refractivity contribution in [1.82, 2.24) is 0 Å². The van der Waals surface area contributed by atoms with E-state index in [1.165, 1.54) is 0 Å². The van der Waals surface area contributed by atoms with E-state index in [0.29, 0.717) is 6.42 Å². The van der Waals surface area contributed by atoms with Gasteiger partial charge in [0.15, 0.2) is 5.78 Å². The highest BCUT2D eigenvalue weighted by molar-refractivity contribution is 6.70. The Bertz CT molecular complexity index is 201. The Balaban J connectivity index is 4.34. The summed E-state index contributed by atoms with van der Waals surface area (Å²) < 4.78 is 5.74. The standard InChI is InChI=1S/C10H20O2Si/c1-6-9(11)8-10(7-2)12-13(3,4)5/h8H,6-7H2,1-5H3. The smallest absolute Gasteiger partial charge is 0.241 e. The molecule has 0 saturated carbocycles. The van der Waals surface area contributed by atoms with Crippen molar-refractivity contribution in [2.24, 2.45) is 0 Å². The lowest BCUT2D eigenvalue weighted by molar-refractivity contribution is -0.114. The summed E-state index contributed by atoms with van der Waals surface area (Å²) >= 11 is 0. The molecule has 0 aliphatic heterocycles. The summed E-state index contributed by atoms with van der Waals surface area (Å²) in [4.78, 5) is 11.1. The van der Waals surface area contributed by atoms with Crippen LogP contribution in [0.5, 0.6) is 0 Å². The second kappa shape index (κ2) is 5.22. The van der Waals surface area contributed by atoms with E-state index >= 15 is 0 Å². The maximum absolute atomic E-state index is 11.1. The van der Waals surface area contributed by atoms with Crippen LogP contribution in [0.1, 0.15) is 26.7 Å². The number of carbonyl (C=O) groups excluding carboxylic acids is 1. The zero-order valence-electron chi connectivity index (χ0n) is 9.31. The highest BCUT2D eigenvalue weighted by Crippen LogP contribution is 2.13. The molecule has 13 heavy (non-hydrogen) atoms. The van der Waals surface area contributed by atoms with Crippen molar-refractivity contribution >= 4 is 14.1 Å². The van der Waals surface area contributed by atoms with Gasteiger partial charge in [-0.3, -0.25) is 4.79 Å². The first kappa shape index (κ1) is 12.4. The van der Waals surface area contributed by atoms with Gasteiger partial charge in [-0.15, -0.1) is 0 Å². The van der Waals surface area contributed by atoms with E-state index in [1.807, 2.05) is 13.8 Å². The minimum atomic E-state index is -1.54. The molecule has 0 aromatic rings. The Morgan fingerprint density at radius 2 is 1.77 bits per heavy atom. The van der Waals surface area contributed by atoms with Crippen molar-refractivity contribution in [2.45, 2.75) is 46.3 Å². The molecule has 0 atom stereocenters. The van der Waals surface area contributed by atoms with Crippen molar-refractivity contribution < 1.29 is 9.22 Å². The van der Waals surface area contributed by atoms with E-state index < -0.39 is 8.32 Å². The fourth-order valence-corrected chi connectivity index (χ4v) is 1.87. The molecule has 0 radical (unpaired) electrons. The van der Waals surface area contributed by atoms with Crippen molar-refractivity contribution in [3.8, 4) is 0 Å². The molecule has 0 rings (SSSR count). The van der Waals surface area contributed by atoms with Crippen LogP contribution in [-0.4, -0.2) is 14.1 Å². The van der Waals surface area contributed by atoms with Gasteiger partial charge in [0.2, 0.25) is 8.32 Å². The fourth-order valence-electron chi connectivity index (χ4n) is 0.879. The summed E-state index contributed by atoms with van der Waals surface area (Å²) in [5.74, 6) is 0.987. The van der Waals surface area contributed by atoms with Crippen LogP contribution in [0.3, 0.4) is 0 Å². The van der Waals surface area contributed by atoms with E-state index in [2.05, 4.69) is 19.6 Å². The van der Waals surface area contributed by atoms with Gasteiger partial charge in [0.25, 0.3) is 0 Å². The number of ketones is 1. The third-order valence-corrected chi connectivity index (χ3v) is 2.33. The summed E-state index contributed by atoms with van der Waals surface area (Å²) in [7, 11) is -1.54. The number of hydrogen-bond donors (Lipinski definition) is 0. The molecule has 0 unspecified atom stereocenters. The van der Waals surface area contributed by atoms with Gasteiger partial charge >= 0.3 is 0 Å². The molecule has 76 valence electrons. The van der Waals surface area contributed by atoms with Crippen LogP contribution in [0.2, 0.25) is 19.6 Å². The Hall–Kier alpha value is -0.573. The van der Waals surface area contributed by atoms with Gasteiger partial charge in [-0.2, -0.15) is 0 Å². The second-order valence-electron chi connectivity index (χ2n) is 4.00. The minimum Gasteiger partial charge on any atom is -0.547 e. The molecule has 0 fully saturated rings. The van der Waals surface area contributed by atoms with Crippen LogP contribution in [-0.2, 0) is 9.22 Å². The maximum atomic E-state index is 11.1. The average Bonchev–Trinajstić information content (AvgIpc) is 2.00. The molecule has 0 saturated heterocycles. The van der Waals surface area contributed by atoms with Gasteiger partial charge in [-0.25, -0.2) is 0 Å². The molecule has 3 heteroatoms. The third-order valence-electron chi connectivity index (χ3n) is 1.46. The van der Waals surface area contributed by atoms with Gasteiger partial charge in [-0.05, 0) is 19.6 Å². The normalized spacial score (nSPS) is 12.8. The minimum absolute atomic E-state index is 0.148. The van der Waals surface area contributed by atoms with Crippen molar-refractivity contribution in [2.75, 3.05) is 0 Å². The van der Waals surface area contributed by atoms with Crippen LogP contribution in [0, 0.1) is 0 Å². The van der Waals surface area contributed by atoms with Gasteiger partial charge in [0.1, 0.15) is 0 Å². The first-order valence-electron chi connectivity index (χ1n) is 4.81. The third kappa shape index (κ3) is 6.58. The topological polar surface area (TPSA) is 26.3 Å². The lowest BCUT2D eigenvalue weighted by atomic mass is 10.2. The van der Waals surface area contributed by atoms with E-state index in [-0.39, 0.29) is 5.78 Å². The first-order valence-corrected chi connectivity index (χ1v) is 8.22. The average molecular weight is 200 g/mol. The van der Waals surface area contributed by atoms with Crippen molar-refractivity contribution in [3.63, 3.8) is 0 Å². The van der Waals surface area contributed by atoms with E-state index in [4.69, 9.17) is 4.43 Å². The van der Waals surface area contributed by atoms with E-state index in [9.17, 15) is 4.79 Å². The molecular weight excluding hydrogens is 180 g/mol. The van der Waals surface area contributed by atoms with Crippen molar-refractivity contribution in [1.29, 1.82) is 0 Å². The van der Waals surface area contributed by atoms with Crippen LogP contribution >= 0.6 is 0 Å². The van der Waals surface area contributed by atoms with Gasteiger partial charge in [0, 0.05) is 18.9 Å². The van der Waals surface area contributed by atoms with Gasteiger partial charge in [-0.1, -0.05) is 13.8 Å². The molecule has 0 amide bonds. The molecule has 0 aliphatic rings. The molecule has 0 aromatic heterocycles. The van der Waals surface area contributed by atoms with Crippen LogP contribution in [0.15, 0.2) is 11.8 Å². The van der Waals surface area contributed by atoms with Gasteiger partial charge < -0.3 is 4.43 Å². The Morgan fingerprint density at radius 1 is 1.23 bits per heavy atom. The largest absolute Gasteiger partial charge is 0.547 e. The van der Waals surface area contributed by atoms with Gasteiger partial charge in [0.05, 0.1) is 5.76 Å². The quantitative estimate of drug-likeness (QED) is 0.387. The highest BCUT2D eigenvalue weighted by atomic mass is 28.4. The number of carbonyl (C=O) groups is 1. The summed E-state index contributed by atoms with van der Waals surface area (Å²) in [6.07, 6.45) is 2.99. The molecule has 0 bridgehead atoms. The number of hydrogen-bond acceptors (Lipinski definition) is 2. The molecule has 0 aromatic carbocycles. The molecule has 0 spiro atoms. The lowest BCUT2D eigenvalue weighted by Crippen LogP contribution is -2.25. The highest BCUT2D eigenvalue weighted by Gasteiger charge is 2.17. The number of rotatable bonds is 5. The van der Waals surface area contributed by atoms with Crippen LogP contribution < -0.4 is 0 Å².